The van der Waals surface area contributed by atoms with Crippen LogP contribution in [0.5, 0.6) is 0 Å². The molecule has 1 nitrogen and oxygen atoms in total. The summed E-state index contributed by atoms with van der Waals surface area (Å²) in [4.78, 5) is 0. The molecule has 0 radical (unpaired) electrons. The molecular weight excluding hydrogens is 673 g/mol. The molecule has 10 aromatic carbocycles. The molecule has 2 aromatic heterocycles. The van der Waals surface area contributed by atoms with Crippen LogP contribution in [0.2, 0.25) is 0 Å². The van der Waals surface area contributed by atoms with Crippen molar-refractivity contribution in [2.24, 2.45) is 0 Å². The molecule has 0 amide bonds. The average Bonchev–Trinajstić information content (AvgIpc) is 3.78. The molecule has 0 aliphatic heterocycles. The standard InChI is InChI=1S/C52H30OS/c1-2-13-32-26-35(25-24-31(32)12-1)51-41-21-7-5-19-39(41)50(40-20-6-8-22-42(40)51)34-15-11-14-33(27-34)43-29-47-52(38-18-4-3-16-36(38)43)45-28-44-37-17-9-10-23-48(37)54-49(44)30-46(45)53-47/h1-30H. The van der Waals surface area contributed by atoms with E-state index in [9.17, 15) is 0 Å². The number of hydrogen-bond acceptors (Lipinski definition) is 2. The van der Waals surface area contributed by atoms with Crippen LogP contribution in [0.25, 0.3) is 119 Å². The molecule has 0 atom stereocenters. The van der Waals surface area contributed by atoms with Gasteiger partial charge in [0.25, 0.3) is 0 Å². The molecule has 2 heterocycles. The smallest absolute Gasteiger partial charge is 0.136 e. The van der Waals surface area contributed by atoms with Crippen molar-refractivity contribution in [1.29, 1.82) is 0 Å². The van der Waals surface area contributed by atoms with E-state index in [2.05, 4.69) is 182 Å². The number of hydrogen-bond donors (Lipinski definition) is 0. The van der Waals surface area contributed by atoms with Crippen molar-refractivity contribution in [2.75, 3.05) is 0 Å². The Bertz CT molecular complexity index is 3450. The summed E-state index contributed by atoms with van der Waals surface area (Å²) in [6.45, 7) is 0. The third-order valence-electron chi connectivity index (χ3n) is 11.4. The van der Waals surface area contributed by atoms with Gasteiger partial charge in [-0.3, -0.25) is 0 Å². The highest BCUT2D eigenvalue weighted by Crippen LogP contribution is 2.47. The third-order valence-corrected chi connectivity index (χ3v) is 12.5. The minimum Gasteiger partial charge on any atom is -0.456 e. The van der Waals surface area contributed by atoms with Crippen LogP contribution in [-0.4, -0.2) is 0 Å². The van der Waals surface area contributed by atoms with Gasteiger partial charge in [-0.15, -0.1) is 11.3 Å². The first kappa shape index (κ1) is 29.8. The normalized spacial score (nSPS) is 12.1. The summed E-state index contributed by atoms with van der Waals surface area (Å²) in [7, 11) is 0. The Kier molecular flexibility index (Phi) is 6.28. The summed E-state index contributed by atoms with van der Waals surface area (Å²) in [5.41, 5.74) is 9.17. The maximum Gasteiger partial charge on any atom is 0.136 e. The quantitative estimate of drug-likeness (QED) is 0.167. The first-order chi connectivity index (χ1) is 26.8. The molecule has 0 saturated carbocycles. The first-order valence-electron chi connectivity index (χ1n) is 18.5. The van der Waals surface area contributed by atoms with E-state index in [-0.39, 0.29) is 0 Å². The number of thiophene rings is 1. The van der Waals surface area contributed by atoms with Crippen LogP contribution in [0, 0.1) is 0 Å². The number of benzene rings is 10. The molecule has 0 fully saturated rings. The van der Waals surface area contributed by atoms with Crippen molar-refractivity contribution in [3.8, 4) is 33.4 Å². The highest BCUT2D eigenvalue weighted by molar-refractivity contribution is 7.25. The SMILES string of the molecule is c1cc(-c2c3ccccc3c(-c3ccc4ccccc4c3)c3ccccc23)cc(-c2cc3oc4cc5sc6ccccc6c5cc4c3c3ccccc23)c1. The molecule has 54 heavy (non-hydrogen) atoms. The van der Waals surface area contributed by atoms with Gasteiger partial charge in [0.1, 0.15) is 11.2 Å². The van der Waals surface area contributed by atoms with Crippen LogP contribution in [0.1, 0.15) is 0 Å². The topological polar surface area (TPSA) is 13.1 Å². The fourth-order valence-corrected chi connectivity index (χ4v) is 10.2. The molecule has 2 heteroatoms. The molecular formula is C52H30OS. The molecule has 0 aliphatic carbocycles. The summed E-state index contributed by atoms with van der Waals surface area (Å²) < 4.78 is 9.31. The summed E-state index contributed by atoms with van der Waals surface area (Å²) in [6, 6.07) is 66.8. The Morgan fingerprint density at radius 2 is 0.907 bits per heavy atom. The minimum atomic E-state index is 0.918. The van der Waals surface area contributed by atoms with Gasteiger partial charge in [-0.25, -0.2) is 0 Å². The zero-order valence-electron chi connectivity index (χ0n) is 29.1. The highest BCUT2D eigenvalue weighted by Gasteiger charge is 2.20. The van der Waals surface area contributed by atoms with Gasteiger partial charge in [0.2, 0.25) is 0 Å². The minimum absolute atomic E-state index is 0.918. The Morgan fingerprint density at radius 1 is 0.315 bits per heavy atom. The summed E-state index contributed by atoms with van der Waals surface area (Å²) in [5, 5.41) is 14.9. The molecule has 12 rings (SSSR count). The van der Waals surface area contributed by atoms with E-state index in [1.807, 2.05) is 11.3 Å². The second kappa shape index (κ2) is 11.4. The predicted molar refractivity (Wildman–Crippen MR) is 233 cm³/mol. The van der Waals surface area contributed by atoms with E-state index in [1.54, 1.807) is 0 Å². The average molecular weight is 703 g/mol. The van der Waals surface area contributed by atoms with Crippen molar-refractivity contribution >= 4 is 96.5 Å². The fraction of sp³-hybridized carbons (Fsp3) is 0. The van der Waals surface area contributed by atoms with Gasteiger partial charge in [0.15, 0.2) is 0 Å². The van der Waals surface area contributed by atoms with E-state index in [0.717, 1.165) is 11.2 Å². The second-order valence-electron chi connectivity index (χ2n) is 14.4. The molecule has 0 aliphatic rings. The monoisotopic (exact) mass is 702 g/mol. The van der Waals surface area contributed by atoms with Gasteiger partial charge in [-0.1, -0.05) is 146 Å². The van der Waals surface area contributed by atoms with Gasteiger partial charge in [0.05, 0.1) is 0 Å². The Hall–Kier alpha value is -6.74. The maximum absolute atomic E-state index is 6.75. The van der Waals surface area contributed by atoms with E-state index >= 15 is 0 Å². The van der Waals surface area contributed by atoms with E-state index in [4.69, 9.17) is 4.42 Å². The zero-order chi connectivity index (χ0) is 35.3. The Morgan fingerprint density at radius 3 is 1.65 bits per heavy atom. The van der Waals surface area contributed by atoms with Crippen molar-refractivity contribution in [3.05, 3.63) is 182 Å². The molecule has 250 valence electrons. The van der Waals surface area contributed by atoms with Crippen LogP contribution < -0.4 is 0 Å². The number of fused-ring (bicyclic) bond motifs is 11. The second-order valence-corrected chi connectivity index (χ2v) is 15.5. The van der Waals surface area contributed by atoms with Crippen LogP contribution in [0.3, 0.4) is 0 Å². The van der Waals surface area contributed by atoms with E-state index in [0.29, 0.717) is 0 Å². The Labute approximate surface area is 314 Å². The third kappa shape index (κ3) is 4.32. The molecule has 0 unspecified atom stereocenters. The van der Waals surface area contributed by atoms with Crippen LogP contribution in [-0.2, 0) is 0 Å². The lowest BCUT2D eigenvalue weighted by molar-refractivity contribution is 0.670. The molecule has 12 aromatic rings. The van der Waals surface area contributed by atoms with Gasteiger partial charge in [-0.2, -0.15) is 0 Å². The van der Waals surface area contributed by atoms with E-state index in [1.165, 1.54) is 107 Å². The lowest BCUT2D eigenvalue weighted by Crippen LogP contribution is -1.91. The van der Waals surface area contributed by atoms with Crippen molar-refractivity contribution in [2.45, 2.75) is 0 Å². The molecule has 0 N–H and O–H groups in total. The fourth-order valence-electron chi connectivity index (χ4n) is 9.04. The highest BCUT2D eigenvalue weighted by atomic mass is 32.1. The van der Waals surface area contributed by atoms with Crippen LogP contribution >= 0.6 is 11.3 Å². The van der Waals surface area contributed by atoms with Crippen molar-refractivity contribution in [3.63, 3.8) is 0 Å². The van der Waals surface area contributed by atoms with Crippen LogP contribution in [0.15, 0.2) is 186 Å². The lowest BCUT2D eigenvalue weighted by atomic mass is 9.85. The largest absolute Gasteiger partial charge is 0.456 e. The van der Waals surface area contributed by atoms with Crippen molar-refractivity contribution < 1.29 is 4.42 Å². The number of rotatable bonds is 3. The van der Waals surface area contributed by atoms with E-state index < -0.39 is 0 Å². The van der Waals surface area contributed by atoms with Gasteiger partial charge in [-0.05, 0) is 113 Å². The molecule has 0 saturated heterocycles. The maximum atomic E-state index is 6.75. The first-order valence-corrected chi connectivity index (χ1v) is 19.3. The zero-order valence-corrected chi connectivity index (χ0v) is 30.0. The van der Waals surface area contributed by atoms with Crippen LogP contribution in [0.4, 0.5) is 0 Å². The summed E-state index contributed by atoms with van der Waals surface area (Å²) >= 11 is 1.83. The molecule has 0 spiro atoms. The van der Waals surface area contributed by atoms with Crippen molar-refractivity contribution in [1.82, 2.24) is 0 Å². The van der Waals surface area contributed by atoms with Gasteiger partial charge in [0, 0.05) is 30.9 Å². The lowest BCUT2D eigenvalue weighted by Gasteiger charge is -2.18. The van der Waals surface area contributed by atoms with Gasteiger partial charge >= 0.3 is 0 Å². The predicted octanol–water partition coefficient (Wildman–Crippen LogP) is 15.6. The summed E-state index contributed by atoms with van der Waals surface area (Å²) in [6.07, 6.45) is 0. The number of furan rings is 1. The summed E-state index contributed by atoms with van der Waals surface area (Å²) in [5.74, 6) is 0. The Balaban J connectivity index is 1.09. The molecule has 0 bridgehead atoms. The van der Waals surface area contributed by atoms with Gasteiger partial charge < -0.3 is 4.42 Å².